The number of hydrogen-bond acceptors (Lipinski definition) is 8. The van der Waals surface area contributed by atoms with Crippen molar-refractivity contribution >= 4 is 39.0 Å². The molecule has 8 nitrogen and oxygen atoms in total. The van der Waals surface area contributed by atoms with Crippen molar-refractivity contribution in [3.05, 3.63) is 32.3 Å². The molecule has 3 rings (SSSR count). The fourth-order valence-corrected chi connectivity index (χ4v) is 4.11. The number of nitrogens with zero attached hydrogens (tertiary/aromatic N) is 4. The van der Waals surface area contributed by atoms with Crippen LogP contribution < -0.4 is 5.69 Å². The van der Waals surface area contributed by atoms with E-state index in [0.717, 1.165) is 15.8 Å². The molecule has 0 aliphatic rings. The van der Waals surface area contributed by atoms with Crippen LogP contribution in [0.4, 0.5) is 0 Å². The van der Waals surface area contributed by atoms with Gasteiger partial charge in [0.25, 0.3) is 0 Å². The van der Waals surface area contributed by atoms with Gasteiger partial charge in [0.2, 0.25) is 11.7 Å². The second-order valence-corrected chi connectivity index (χ2v) is 7.51. The first kappa shape index (κ1) is 17.4. The largest absolute Gasteiger partial charge is 0.385 e. The van der Waals surface area contributed by atoms with Crippen molar-refractivity contribution < 1.29 is 9.26 Å². The summed E-state index contributed by atoms with van der Waals surface area (Å²) in [6.45, 7) is 1.13. The van der Waals surface area contributed by atoms with Gasteiger partial charge < -0.3 is 9.26 Å². The summed E-state index contributed by atoms with van der Waals surface area (Å²) < 4.78 is 12.8. The van der Waals surface area contributed by atoms with Crippen molar-refractivity contribution in [2.45, 2.75) is 23.9 Å². The van der Waals surface area contributed by atoms with Crippen LogP contribution in [0.5, 0.6) is 0 Å². The zero-order valence-electron chi connectivity index (χ0n) is 12.7. The average Bonchev–Trinajstić information content (AvgIpc) is 3.27. The number of methoxy groups -OCH3 is 1. The molecule has 0 aliphatic heterocycles. The molecule has 0 aromatic carbocycles. The number of halogens is 1. The van der Waals surface area contributed by atoms with Crippen LogP contribution in [0.3, 0.4) is 0 Å². The van der Waals surface area contributed by atoms with E-state index in [4.69, 9.17) is 9.26 Å². The summed E-state index contributed by atoms with van der Waals surface area (Å²) in [6.07, 6.45) is 0.738. The van der Waals surface area contributed by atoms with E-state index in [2.05, 4.69) is 36.3 Å². The van der Waals surface area contributed by atoms with Crippen molar-refractivity contribution in [3.63, 3.8) is 0 Å². The van der Waals surface area contributed by atoms with E-state index in [1.807, 2.05) is 11.4 Å². The predicted octanol–water partition coefficient (Wildman–Crippen LogP) is 2.77. The van der Waals surface area contributed by atoms with E-state index in [-0.39, 0.29) is 5.69 Å². The average molecular weight is 432 g/mol. The summed E-state index contributed by atoms with van der Waals surface area (Å²) in [4.78, 5) is 17.1. The predicted molar refractivity (Wildman–Crippen MR) is 94.2 cm³/mol. The number of aromatic amines is 1. The molecule has 0 saturated carbocycles. The Morgan fingerprint density at radius 2 is 2.42 bits per heavy atom. The maximum atomic E-state index is 11.8. The van der Waals surface area contributed by atoms with E-state index in [1.165, 1.54) is 23.1 Å². The van der Waals surface area contributed by atoms with Crippen LogP contribution >= 0.6 is 39.0 Å². The van der Waals surface area contributed by atoms with Crippen LogP contribution in [0.1, 0.15) is 12.3 Å². The van der Waals surface area contributed by atoms with Gasteiger partial charge in [-0.2, -0.15) is 4.98 Å². The summed E-state index contributed by atoms with van der Waals surface area (Å²) >= 11 is 6.31. The molecule has 3 aromatic rings. The Balaban J connectivity index is 1.64. The van der Waals surface area contributed by atoms with Gasteiger partial charge in [-0.25, -0.2) is 9.89 Å². The van der Waals surface area contributed by atoms with Gasteiger partial charge in [0.05, 0.1) is 10.6 Å². The van der Waals surface area contributed by atoms with Crippen LogP contribution in [0.25, 0.3) is 10.7 Å². The van der Waals surface area contributed by atoms with E-state index < -0.39 is 0 Å². The number of thioether (sulfide) groups is 1. The van der Waals surface area contributed by atoms with Gasteiger partial charge in [-0.3, -0.25) is 4.57 Å². The minimum absolute atomic E-state index is 0.233. The van der Waals surface area contributed by atoms with E-state index >= 15 is 0 Å². The van der Waals surface area contributed by atoms with Gasteiger partial charge in [-0.05, 0) is 28.4 Å². The van der Waals surface area contributed by atoms with Gasteiger partial charge >= 0.3 is 5.69 Å². The molecule has 0 radical (unpaired) electrons. The van der Waals surface area contributed by atoms with Gasteiger partial charge in [0.1, 0.15) is 0 Å². The van der Waals surface area contributed by atoms with Crippen LogP contribution in [-0.2, 0) is 17.0 Å². The first-order valence-corrected chi connectivity index (χ1v) is 9.67. The number of ether oxygens (including phenoxy) is 1. The van der Waals surface area contributed by atoms with E-state index in [1.54, 1.807) is 11.7 Å². The van der Waals surface area contributed by atoms with Crippen LogP contribution in [0, 0.1) is 0 Å². The molecular formula is C13H14BrN5O3S2. The normalized spacial score (nSPS) is 11.2. The van der Waals surface area contributed by atoms with Crippen molar-refractivity contribution in [2.75, 3.05) is 13.7 Å². The molecule has 3 aromatic heterocycles. The lowest BCUT2D eigenvalue weighted by Crippen LogP contribution is -2.18. The Morgan fingerprint density at radius 3 is 3.17 bits per heavy atom. The van der Waals surface area contributed by atoms with Gasteiger partial charge in [0, 0.05) is 30.1 Å². The minimum Gasteiger partial charge on any atom is -0.385 e. The summed E-state index contributed by atoms with van der Waals surface area (Å²) in [5.74, 6) is 1.48. The molecule has 0 spiro atoms. The molecule has 3 heterocycles. The third-order valence-electron chi connectivity index (χ3n) is 3.03. The maximum absolute atomic E-state index is 11.8. The Hall–Kier alpha value is -1.43. The molecular weight excluding hydrogens is 418 g/mol. The third kappa shape index (κ3) is 4.15. The molecule has 0 bridgehead atoms. The second-order valence-electron chi connectivity index (χ2n) is 4.74. The fourth-order valence-electron chi connectivity index (χ4n) is 1.95. The van der Waals surface area contributed by atoms with Gasteiger partial charge in [-0.1, -0.05) is 16.9 Å². The molecule has 128 valence electrons. The molecule has 1 N–H and O–H groups in total. The van der Waals surface area contributed by atoms with Gasteiger partial charge in [-0.15, -0.1) is 16.4 Å². The number of aromatic nitrogens is 5. The maximum Gasteiger partial charge on any atom is 0.343 e. The Morgan fingerprint density at radius 1 is 1.54 bits per heavy atom. The lowest BCUT2D eigenvalue weighted by atomic mass is 10.4. The van der Waals surface area contributed by atoms with Crippen molar-refractivity contribution in [3.8, 4) is 10.7 Å². The highest BCUT2D eigenvalue weighted by Gasteiger charge is 2.14. The monoisotopic (exact) mass is 431 g/mol. The molecule has 0 fully saturated rings. The molecule has 24 heavy (non-hydrogen) atoms. The summed E-state index contributed by atoms with van der Waals surface area (Å²) in [7, 11) is 1.63. The Bertz CT molecular complexity index is 856. The highest BCUT2D eigenvalue weighted by atomic mass is 79.9. The highest BCUT2D eigenvalue weighted by Crippen LogP contribution is 2.28. The van der Waals surface area contributed by atoms with Crippen molar-refractivity contribution in [1.29, 1.82) is 0 Å². The summed E-state index contributed by atoms with van der Waals surface area (Å²) in [6, 6.07) is 1.94. The quantitative estimate of drug-likeness (QED) is 0.432. The topological polar surface area (TPSA) is 98.8 Å². The molecule has 0 saturated heterocycles. The lowest BCUT2D eigenvalue weighted by molar-refractivity contribution is 0.189. The van der Waals surface area contributed by atoms with Crippen LogP contribution in [0.2, 0.25) is 0 Å². The number of rotatable bonds is 8. The number of thiophene rings is 1. The Kier molecular flexibility index (Phi) is 5.87. The number of nitrogens with one attached hydrogen (secondary N) is 1. The third-order valence-corrected chi connectivity index (χ3v) is 5.68. The van der Waals surface area contributed by atoms with Crippen LogP contribution in [0.15, 0.2) is 30.4 Å². The molecule has 11 heteroatoms. The SMILES string of the molecule is COCCCn1c(SCc2nc(-c3cc(Br)cs3)no2)n[nH]c1=O. The highest BCUT2D eigenvalue weighted by molar-refractivity contribution is 9.10. The van der Waals surface area contributed by atoms with Crippen molar-refractivity contribution in [2.24, 2.45) is 0 Å². The molecule has 0 amide bonds. The zero-order valence-corrected chi connectivity index (χ0v) is 15.9. The van der Waals surface area contributed by atoms with E-state index in [0.29, 0.717) is 35.8 Å². The first-order chi connectivity index (χ1) is 11.7. The standard InChI is InChI=1S/C13H14BrN5O3S2/c1-21-4-2-3-19-12(20)16-17-13(19)24-7-10-15-11(18-22-10)9-5-8(14)6-23-9/h5-6H,2-4,7H2,1H3,(H,16,20). The van der Waals surface area contributed by atoms with Gasteiger partial charge in [0.15, 0.2) is 5.16 Å². The summed E-state index contributed by atoms with van der Waals surface area (Å²) in [5, 5.41) is 13.0. The number of hydrogen-bond donors (Lipinski definition) is 1. The molecule has 0 aliphatic carbocycles. The smallest absolute Gasteiger partial charge is 0.343 e. The zero-order chi connectivity index (χ0) is 16.9. The first-order valence-electron chi connectivity index (χ1n) is 7.01. The molecule has 0 unspecified atom stereocenters. The number of H-pyrrole nitrogens is 1. The lowest BCUT2D eigenvalue weighted by Gasteiger charge is -2.03. The van der Waals surface area contributed by atoms with Crippen molar-refractivity contribution in [1.82, 2.24) is 24.9 Å². The van der Waals surface area contributed by atoms with E-state index in [9.17, 15) is 4.79 Å². The minimum atomic E-state index is -0.233. The summed E-state index contributed by atoms with van der Waals surface area (Å²) in [5.41, 5.74) is -0.233. The Labute approximate surface area is 153 Å². The van der Waals surface area contributed by atoms with Crippen LogP contribution in [-0.4, -0.2) is 38.6 Å². The fraction of sp³-hybridized carbons (Fsp3) is 0.385. The molecule has 0 atom stereocenters. The second kappa shape index (κ2) is 8.10.